The molecule has 0 aliphatic rings. The maximum atomic E-state index is 5.63. The van der Waals surface area contributed by atoms with Crippen LogP contribution in [0.2, 0.25) is 0 Å². The molecule has 0 fully saturated rings. The van der Waals surface area contributed by atoms with E-state index in [-0.39, 0.29) is 0 Å². The summed E-state index contributed by atoms with van der Waals surface area (Å²) in [5.74, 6) is 1.59. The third-order valence-electron chi connectivity index (χ3n) is 2.53. The minimum atomic E-state index is 0.512. The van der Waals surface area contributed by atoms with Crippen molar-refractivity contribution in [1.29, 1.82) is 0 Å². The number of aromatic nitrogens is 2. The Labute approximate surface area is 106 Å². The van der Waals surface area contributed by atoms with Gasteiger partial charge in [0.2, 0.25) is 0 Å². The predicted molar refractivity (Wildman–Crippen MR) is 68.6 cm³/mol. The van der Waals surface area contributed by atoms with E-state index >= 15 is 0 Å². The summed E-state index contributed by atoms with van der Waals surface area (Å²) in [6.45, 7) is 1.78. The van der Waals surface area contributed by atoms with Crippen molar-refractivity contribution in [1.82, 2.24) is 9.78 Å². The number of nitrogens with two attached hydrogens (primary N) is 1. The van der Waals surface area contributed by atoms with E-state index in [0.717, 1.165) is 17.1 Å². The van der Waals surface area contributed by atoms with Crippen LogP contribution in [0.3, 0.4) is 0 Å². The minimum absolute atomic E-state index is 0.512. The average molecular weight is 247 g/mol. The first-order chi connectivity index (χ1) is 8.81. The van der Waals surface area contributed by atoms with Crippen LogP contribution in [0.5, 0.6) is 11.5 Å². The summed E-state index contributed by atoms with van der Waals surface area (Å²) in [5.41, 5.74) is 6.53. The second-order valence-electron chi connectivity index (χ2n) is 3.86. The van der Waals surface area contributed by atoms with Crippen LogP contribution in [-0.4, -0.2) is 23.4 Å². The van der Waals surface area contributed by atoms with Crippen molar-refractivity contribution in [3.05, 3.63) is 42.2 Å². The van der Waals surface area contributed by atoms with E-state index in [1.165, 1.54) is 0 Å². The van der Waals surface area contributed by atoms with Crippen LogP contribution >= 0.6 is 0 Å². The van der Waals surface area contributed by atoms with E-state index in [2.05, 4.69) is 5.10 Å². The van der Waals surface area contributed by atoms with Crippen molar-refractivity contribution >= 4 is 0 Å². The molecule has 2 rings (SSSR count). The molecule has 2 aromatic rings. The topological polar surface area (TPSA) is 62.3 Å². The van der Waals surface area contributed by atoms with Crippen LogP contribution in [0, 0.1) is 0 Å². The van der Waals surface area contributed by atoms with Gasteiger partial charge in [0.05, 0.1) is 26.0 Å². The maximum Gasteiger partial charge on any atom is 0.157 e. The van der Waals surface area contributed by atoms with E-state index in [1.807, 2.05) is 30.5 Å². The molecule has 0 saturated carbocycles. The first-order valence-corrected chi connectivity index (χ1v) is 5.80. The van der Waals surface area contributed by atoms with Gasteiger partial charge in [-0.2, -0.15) is 5.10 Å². The Morgan fingerprint density at radius 1 is 1.22 bits per heavy atom. The number of rotatable bonds is 6. The lowest BCUT2D eigenvalue weighted by atomic mass is 10.2. The molecule has 1 aromatic heterocycles. The van der Waals surface area contributed by atoms with Crippen LogP contribution in [0.25, 0.3) is 0 Å². The number of hydrogen-bond donors (Lipinski definition) is 1. The number of benzene rings is 1. The maximum absolute atomic E-state index is 5.63. The van der Waals surface area contributed by atoms with Crippen LogP contribution in [-0.2, 0) is 13.2 Å². The first kappa shape index (κ1) is 12.4. The van der Waals surface area contributed by atoms with E-state index in [4.69, 9.17) is 15.2 Å². The zero-order valence-electron chi connectivity index (χ0n) is 10.4. The van der Waals surface area contributed by atoms with Gasteiger partial charge in [-0.25, -0.2) is 0 Å². The number of ether oxygens (including phenoxy) is 2. The number of methoxy groups -OCH3 is 1. The molecular formula is C13H17N3O2. The van der Waals surface area contributed by atoms with Crippen LogP contribution in [0.1, 0.15) is 5.56 Å². The molecule has 2 N–H and O–H groups in total. The highest BCUT2D eigenvalue weighted by Gasteiger charge is 2.00. The van der Waals surface area contributed by atoms with Crippen molar-refractivity contribution in [3.63, 3.8) is 0 Å². The smallest absolute Gasteiger partial charge is 0.157 e. The molecule has 5 heteroatoms. The second-order valence-corrected chi connectivity index (χ2v) is 3.86. The van der Waals surface area contributed by atoms with Gasteiger partial charge in [-0.3, -0.25) is 4.68 Å². The fourth-order valence-corrected chi connectivity index (χ4v) is 1.56. The Bertz CT molecular complexity index is 479. The summed E-state index contributed by atoms with van der Waals surface area (Å²) < 4.78 is 12.5. The molecule has 0 aliphatic heterocycles. The number of hydrogen-bond acceptors (Lipinski definition) is 4. The van der Waals surface area contributed by atoms with Gasteiger partial charge < -0.3 is 15.2 Å². The lowest BCUT2D eigenvalue weighted by molar-refractivity contribution is 0.305. The predicted octanol–water partition coefficient (Wildman–Crippen LogP) is 1.43. The molecule has 0 aliphatic carbocycles. The van der Waals surface area contributed by atoms with E-state index in [9.17, 15) is 0 Å². The second kappa shape index (κ2) is 6.07. The van der Waals surface area contributed by atoms with Gasteiger partial charge in [-0.1, -0.05) is 12.1 Å². The Balaban J connectivity index is 1.89. The van der Waals surface area contributed by atoms with Gasteiger partial charge in [-0.15, -0.1) is 0 Å². The van der Waals surface area contributed by atoms with Crippen molar-refractivity contribution in [2.45, 2.75) is 13.2 Å². The van der Waals surface area contributed by atoms with Gasteiger partial charge in [0.15, 0.2) is 5.75 Å². The average Bonchev–Trinajstić information content (AvgIpc) is 2.85. The van der Waals surface area contributed by atoms with Gasteiger partial charge in [-0.05, 0) is 17.7 Å². The van der Waals surface area contributed by atoms with Gasteiger partial charge >= 0.3 is 0 Å². The normalized spacial score (nSPS) is 10.3. The molecule has 18 heavy (non-hydrogen) atoms. The van der Waals surface area contributed by atoms with Gasteiger partial charge in [0.25, 0.3) is 0 Å². The van der Waals surface area contributed by atoms with Crippen molar-refractivity contribution in [2.24, 2.45) is 5.73 Å². The summed E-state index contributed by atoms with van der Waals surface area (Å²) in [7, 11) is 1.65. The molecule has 0 bridgehead atoms. The quantitative estimate of drug-likeness (QED) is 0.838. The van der Waals surface area contributed by atoms with E-state index < -0.39 is 0 Å². The summed E-state index contributed by atoms with van der Waals surface area (Å²) in [6.07, 6.45) is 3.54. The first-order valence-electron chi connectivity index (χ1n) is 5.80. The summed E-state index contributed by atoms with van der Waals surface area (Å²) in [6, 6.07) is 7.78. The molecule has 5 nitrogen and oxygen atoms in total. The largest absolute Gasteiger partial charge is 0.497 e. The van der Waals surface area contributed by atoms with Crippen LogP contribution < -0.4 is 15.2 Å². The molecule has 0 atom stereocenters. The zero-order chi connectivity index (χ0) is 12.8. The minimum Gasteiger partial charge on any atom is -0.497 e. The Morgan fingerprint density at radius 3 is 2.67 bits per heavy atom. The third-order valence-corrected chi connectivity index (χ3v) is 2.53. The molecule has 0 unspecified atom stereocenters. The van der Waals surface area contributed by atoms with Crippen molar-refractivity contribution in [3.8, 4) is 11.5 Å². The SMILES string of the molecule is COc1ccc(COc2cnn(CCN)c2)cc1. The highest BCUT2D eigenvalue weighted by molar-refractivity contribution is 5.27. The summed E-state index contributed by atoms with van der Waals surface area (Å²) in [5, 5.41) is 4.14. The molecule has 0 spiro atoms. The molecule has 96 valence electrons. The molecule has 0 radical (unpaired) electrons. The lowest BCUT2D eigenvalue weighted by Crippen LogP contribution is -2.09. The molecule has 1 aromatic carbocycles. The van der Waals surface area contributed by atoms with Gasteiger partial charge in [0.1, 0.15) is 12.4 Å². The fourth-order valence-electron chi connectivity index (χ4n) is 1.56. The molecule has 0 amide bonds. The monoisotopic (exact) mass is 247 g/mol. The van der Waals surface area contributed by atoms with E-state index in [1.54, 1.807) is 18.0 Å². The van der Waals surface area contributed by atoms with E-state index in [0.29, 0.717) is 19.7 Å². The summed E-state index contributed by atoms with van der Waals surface area (Å²) >= 11 is 0. The standard InChI is InChI=1S/C13H17N3O2/c1-17-12-4-2-11(3-5-12)10-18-13-8-15-16(9-13)7-6-14/h2-5,8-9H,6-7,10,14H2,1H3. The van der Waals surface area contributed by atoms with Crippen molar-refractivity contribution in [2.75, 3.05) is 13.7 Å². The highest BCUT2D eigenvalue weighted by Crippen LogP contribution is 2.14. The van der Waals surface area contributed by atoms with Crippen LogP contribution in [0.4, 0.5) is 0 Å². The fraction of sp³-hybridized carbons (Fsp3) is 0.308. The summed E-state index contributed by atoms with van der Waals surface area (Å²) in [4.78, 5) is 0. The van der Waals surface area contributed by atoms with Crippen molar-refractivity contribution < 1.29 is 9.47 Å². The lowest BCUT2D eigenvalue weighted by Gasteiger charge is -2.04. The highest BCUT2D eigenvalue weighted by atomic mass is 16.5. The molecule has 1 heterocycles. The Kier molecular flexibility index (Phi) is 4.20. The number of nitrogens with zero attached hydrogens (tertiary/aromatic N) is 2. The van der Waals surface area contributed by atoms with Crippen LogP contribution in [0.15, 0.2) is 36.7 Å². The Hall–Kier alpha value is -2.01. The molecular weight excluding hydrogens is 230 g/mol. The Morgan fingerprint density at radius 2 is 2.00 bits per heavy atom. The third kappa shape index (κ3) is 3.24. The zero-order valence-corrected chi connectivity index (χ0v) is 10.4. The molecule has 0 saturated heterocycles. The van der Waals surface area contributed by atoms with Gasteiger partial charge in [0, 0.05) is 6.54 Å².